The van der Waals surface area contributed by atoms with Crippen LogP contribution >= 0.6 is 0 Å². The molecule has 2 aliphatic carbocycles. The number of rotatable bonds is 3. The Balaban J connectivity index is 1.14. The summed E-state index contributed by atoms with van der Waals surface area (Å²) in [5, 5.41) is 13.0. The van der Waals surface area contributed by atoms with Gasteiger partial charge >= 0.3 is 0 Å². The first kappa shape index (κ1) is 27.0. The lowest BCUT2D eigenvalue weighted by atomic mass is 9.78. The first-order valence-corrected chi connectivity index (χ1v) is 17.5. The van der Waals surface area contributed by atoms with Crippen molar-refractivity contribution < 1.29 is 0 Å². The minimum Gasteiger partial charge on any atom is -0.0802 e. The van der Waals surface area contributed by atoms with E-state index in [0.29, 0.717) is 11.8 Å². The Morgan fingerprint density at radius 1 is 0.388 bits per heavy atom. The van der Waals surface area contributed by atoms with Gasteiger partial charge in [-0.25, -0.2) is 0 Å². The maximum Gasteiger partial charge on any atom is -0.00294 e. The van der Waals surface area contributed by atoms with Gasteiger partial charge in [-0.05, 0) is 141 Å². The lowest BCUT2D eigenvalue weighted by Gasteiger charge is -2.25. The van der Waals surface area contributed by atoms with E-state index in [1.54, 1.807) is 0 Å². The maximum absolute atomic E-state index is 2.48. The molecule has 0 nitrogen and oxygen atoms in total. The van der Waals surface area contributed by atoms with Gasteiger partial charge in [0, 0.05) is 0 Å². The van der Waals surface area contributed by atoms with Gasteiger partial charge in [0.05, 0.1) is 0 Å². The van der Waals surface area contributed by atoms with E-state index in [-0.39, 0.29) is 0 Å². The predicted molar refractivity (Wildman–Crippen MR) is 210 cm³/mol. The van der Waals surface area contributed by atoms with Crippen molar-refractivity contribution in [2.24, 2.45) is 5.92 Å². The summed E-state index contributed by atoms with van der Waals surface area (Å²) in [6.45, 7) is 0. The average molecular weight is 621 g/mol. The number of benzene rings is 9. The van der Waals surface area contributed by atoms with Gasteiger partial charge in [0.2, 0.25) is 0 Å². The summed E-state index contributed by atoms with van der Waals surface area (Å²) in [4.78, 5) is 0. The first-order chi connectivity index (χ1) is 24.3. The van der Waals surface area contributed by atoms with Crippen molar-refractivity contribution in [2.45, 2.75) is 12.3 Å². The smallest absolute Gasteiger partial charge is 0.00294 e. The Bertz CT molecular complexity index is 2870. The van der Waals surface area contributed by atoms with Gasteiger partial charge in [-0.1, -0.05) is 146 Å². The third-order valence-corrected chi connectivity index (χ3v) is 11.3. The Morgan fingerprint density at radius 2 is 0.918 bits per heavy atom. The molecule has 0 aromatic heterocycles. The fourth-order valence-electron chi connectivity index (χ4n) is 8.83. The van der Waals surface area contributed by atoms with Crippen molar-refractivity contribution in [3.8, 4) is 33.4 Å². The molecule has 2 atom stereocenters. The van der Waals surface area contributed by atoms with Gasteiger partial charge in [-0.2, -0.15) is 0 Å². The summed E-state index contributed by atoms with van der Waals surface area (Å²) in [6, 6.07) is 58.9. The molecule has 0 amide bonds. The fourth-order valence-corrected chi connectivity index (χ4v) is 8.83. The van der Waals surface area contributed by atoms with E-state index in [1.165, 1.54) is 105 Å². The highest BCUT2D eigenvalue weighted by molar-refractivity contribution is 6.19. The minimum atomic E-state index is 0.563. The van der Waals surface area contributed by atoms with Gasteiger partial charge in [0.1, 0.15) is 0 Å². The summed E-state index contributed by atoms with van der Waals surface area (Å²) in [5.74, 6) is 1.20. The third-order valence-electron chi connectivity index (χ3n) is 11.3. The van der Waals surface area contributed by atoms with Gasteiger partial charge in [-0.3, -0.25) is 0 Å². The second-order valence-electron chi connectivity index (χ2n) is 14.0. The first-order valence-electron chi connectivity index (χ1n) is 17.5. The summed E-state index contributed by atoms with van der Waals surface area (Å²) in [6.07, 6.45) is 6.16. The van der Waals surface area contributed by atoms with Crippen LogP contribution in [0.1, 0.15) is 23.5 Å². The predicted octanol–water partition coefficient (Wildman–Crippen LogP) is 13.6. The molecule has 0 radical (unpaired) electrons. The Labute approximate surface area is 285 Å². The topological polar surface area (TPSA) is 0 Å². The van der Waals surface area contributed by atoms with Crippen molar-refractivity contribution in [1.82, 2.24) is 0 Å². The Hall–Kier alpha value is -5.98. The number of hydrogen-bond acceptors (Lipinski definition) is 0. The monoisotopic (exact) mass is 620 g/mol. The third kappa shape index (κ3) is 4.11. The summed E-state index contributed by atoms with van der Waals surface area (Å²) in [7, 11) is 0. The molecule has 0 bridgehead atoms. The van der Waals surface area contributed by atoms with Crippen molar-refractivity contribution in [1.29, 1.82) is 0 Å². The molecule has 9 aromatic carbocycles. The highest BCUT2D eigenvalue weighted by atomic mass is 14.5. The molecule has 0 aliphatic heterocycles. The molecule has 1 fully saturated rings. The quantitative estimate of drug-likeness (QED) is 0.172. The molecule has 228 valence electrons. The van der Waals surface area contributed by atoms with Crippen LogP contribution in [0.5, 0.6) is 0 Å². The van der Waals surface area contributed by atoms with Crippen LogP contribution in [-0.4, -0.2) is 0 Å². The molecule has 2 unspecified atom stereocenters. The van der Waals surface area contributed by atoms with E-state index < -0.39 is 0 Å². The van der Waals surface area contributed by atoms with E-state index >= 15 is 0 Å². The number of hydrogen-bond donors (Lipinski definition) is 0. The van der Waals surface area contributed by atoms with Crippen LogP contribution in [0.25, 0.3) is 93.3 Å². The van der Waals surface area contributed by atoms with E-state index in [0.717, 1.165) is 0 Å². The van der Waals surface area contributed by atoms with E-state index in [4.69, 9.17) is 0 Å². The van der Waals surface area contributed by atoms with Crippen molar-refractivity contribution in [3.63, 3.8) is 0 Å². The molecular weight excluding hydrogens is 589 g/mol. The summed E-state index contributed by atoms with van der Waals surface area (Å²) < 4.78 is 0. The van der Waals surface area contributed by atoms with Crippen LogP contribution in [0, 0.1) is 5.92 Å². The van der Waals surface area contributed by atoms with Crippen LogP contribution in [0.4, 0.5) is 0 Å². The van der Waals surface area contributed by atoms with Crippen molar-refractivity contribution >= 4 is 59.9 Å². The average Bonchev–Trinajstić information content (AvgIpc) is 3.97. The zero-order chi connectivity index (χ0) is 32.1. The lowest BCUT2D eigenvalue weighted by molar-refractivity contribution is 1.00. The standard InChI is InChI=1S/C49H32/c1-2-10-31-25-32(18-17-30(31)9-1)33-19-20-35-27-38(22-21-34(35)26-33)47-42-15-7-8-16-43(42)48(49-44(47)24-23-37-28-45(37)49)46-29-36-11-3-4-12-39(36)40-13-5-6-14-41(40)46/h1-27,29,37,45H,28H2. The maximum atomic E-state index is 2.48. The molecule has 0 heteroatoms. The second kappa shape index (κ2) is 10.3. The highest BCUT2D eigenvalue weighted by Gasteiger charge is 2.43. The van der Waals surface area contributed by atoms with Crippen LogP contribution in [0.15, 0.2) is 164 Å². The minimum absolute atomic E-state index is 0.563. The zero-order valence-electron chi connectivity index (χ0n) is 27.0. The molecule has 1 saturated carbocycles. The Kier molecular flexibility index (Phi) is 5.66. The van der Waals surface area contributed by atoms with Crippen molar-refractivity contribution in [2.75, 3.05) is 0 Å². The highest BCUT2D eigenvalue weighted by Crippen LogP contribution is 2.59. The molecule has 9 aromatic rings. The molecule has 2 aliphatic rings. The van der Waals surface area contributed by atoms with Gasteiger partial charge < -0.3 is 0 Å². The molecule has 11 rings (SSSR count). The van der Waals surface area contributed by atoms with Crippen LogP contribution in [0.3, 0.4) is 0 Å². The Morgan fingerprint density at radius 3 is 1.67 bits per heavy atom. The second-order valence-corrected chi connectivity index (χ2v) is 14.0. The normalized spacial score (nSPS) is 16.4. The van der Waals surface area contributed by atoms with Crippen molar-refractivity contribution in [3.05, 3.63) is 175 Å². The lowest BCUT2D eigenvalue weighted by Crippen LogP contribution is -2.02. The zero-order valence-corrected chi connectivity index (χ0v) is 27.0. The van der Waals surface area contributed by atoms with Crippen LogP contribution in [-0.2, 0) is 0 Å². The number of allylic oxidation sites excluding steroid dienone is 1. The molecule has 0 heterocycles. The summed E-state index contributed by atoms with van der Waals surface area (Å²) >= 11 is 0. The van der Waals surface area contributed by atoms with E-state index in [1.807, 2.05) is 0 Å². The molecular formula is C49H32. The van der Waals surface area contributed by atoms with Gasteiger partial charge in [0.25, 0.3) is 0 Å². The molecule has 49 heavy (non-hydrogen) atoms. The van der Waals surface area contributed by atoms with Gasteiger partial charge in [0.15, 0.2) is 0 Å². The fraction of sp³-hybridized carbons (Fsp3) is 0.0612. The molecule has 0 spiro atoms. The SMILES string of the molecule is C1=CC2CC2c2c1c(-c1ccc3cc(-c4ccc5ccccc5c4)ccc3c1)c1ccccc1c2-c1cc2ccccc2c2ccccc12. The molecule has 0 saturated heterocycles. The molecule has 0 N–H and O–H groups in total. The van der Waals surface area contributed by atoms with Crippen LogP contribution in [0.2, 0.25) is 0 Å². The summed E-state index contributed by atoms with van der Waals surface area (Å²) in [5.41, 5.74) is 10.9. The largest absolute Gasteiger partial charge is 0.0802 e. The number of fused-ring (bicyclic) bond motifs is 9. The van der Waals surface area contributed by atoms with Gasteiger partial charge in [-0.15, -0.1) is 0 Å². The van der Waals surface area contributed by atoms with Crippen LogP contribution < -0.4 is 0 Å². The van der Waals surface area contributed by atoms with E-state index in [9.17, 15) is 0 Å². The van der Waals surface area contributed by atoms with E-state index in [2.05, 4.69) is 170 Å².